The summed E-state index contributed by atoms with van der Waals surface area (Å²) in [6, 6.07) is 1.63. The van der Waals surface area contributed by atoms with Crippen molar-refractivity contribution in [3.05, 3.63) is 63.9 Å². The summed E-state index contributed by atoms with van der Waals surface area (Å²) in [6.45, 7) is 2.42. The second-order valence-electron chi connectivity index (χ2n) is 8.63. The molecule has 3 aliphatic rings. The molecule has 3 heterocycles. The Kier molecular flexibility index (Phi) is 5.55. The lowest BCUT2D eigenvalue weighted by atomic mass is 9.90. The van der Waals surface area contributed by atoms with Gasteiger partial charge in [-0.05, 0) is 37.1 Å². The van der Waals surface area contributed by atoms with Gasteiger partial charge in [-0.3, -0.25) is 14.6 Å². The van der Waals surface area contributed by atoms with Gasteiger partial charge in [0.1, 0.15) is 23.7 Å². The van der Waals surface area contributed by atoms with E-state index < -0.39 is 29.6 Å². The maximum atomic E-state index is 14.7. The molecule has 0 spiro atoms. The molecular weight excluding hydrogens is 452 g/mol. The van der Waals surface area contributed by atoms with Crippen molar-refractivity contribution in [2.45, 2.75) is 31.5 Å². The summed E-state index contributed by atoms with van der Waals surface area (Å²) in [4.78, 5) is 32.3. The van der Waals surface area contributed by atoms with Crippen molar-refractivity contribution in [3.63, 3.8) is 0 Å². The number of aromatic nitrogens is 1. The third-order valence-corrected chi connectivity index (χ3v) is 6.67. The number of benzene rings is 1. The average Bonchev–Trinajstić information content (AvgIpc) is 2.98. The van der Waals surface area contributed by atoms with Gasteiger partial charge in [0.2, 0.25) is 5.91 Å². The Morgan fingerprint density at radius 1 is 1.21 bits per heavy atom. The van der Waals surface area contributed by atoms with E-state index in [4.69, 9.17) is 16.3 Å². The normalized spacial score (nSPS) is 24.1. The van der Waals surface area contributed by atoms with E-state index in [-0.39, 0.29) is 34.4 Å². The van der Waals surface area contributed by atoms with Crippen molar-refractivity contribution >= 4 is 23.4 Å². The Hall–Kier alpha value is -3.02. The molecule has 1 aliphatic carbocycles. The van der Waals surface area contributed by atoms with Crippen molar-refractivity contribution in [1.29, 1.82) is 0 Å². The molecule has 2 amide bonds. The molecule has 2 saturated heterocycles. The van der Waals surface area contributed by atoms with E-state index in [0.717, 1.165) is 17.7 Å². The zero-order valence-corrected chi connectivity index (χ0v) is 18.4. The van der Waals surface area contributed by atoms with Gasteiger partial charge in [-0.15, -0.1) is 0 Å². The zero-order chi connectivity index (χ0) is 23.3. The number of carbonyl (C=O) groups excluding carboxylic acids is 2. The van der Waals surface area contributed by atoms with Crippen LogP contribution in [0, 0.1) is 42.2 Å². The lowest BCUT2D eigenvalue weighted by molar-refractivity contribution is -0.128. The Morgan fingerprint density at radius 2 is 2.00 bits per heavy atom. The number of nitrogens with zero attached hydrogens (tertiary/aromatic N) is 2. The number of pyridine rings is 1. The van der Waals surface area contributed by atoms with Crippen LogP contribution in [0.3, 0.4) is 0 Å². The molecule has 2 fully saturated rings. The molecule has 6 nitrogen and oxygen atoms in total. The van der Waals surface area contributed by atoms with Gasteiger partial charge in [-0.2, -0.15) is 0 Å². The van der Waals surface area contributed by atoms with Crippen LogP contribution >= 0.6 is 11.6 Å². The summed E-state index contributed by atoms with van der Waals surface area (Å²) < 4.78 is 34.0. The van der Waals surface area contributed by atoms with E-state index >= 15 is 0 Å². The van der Waals surface area contributed by atoms with Gasteiger partial charge in [0, 0.05) is 23.9 Å². The number of fused-ring (bicyclic) bond motifs is 1. The molecule has 1 aromatic heterocycles. The highest BCUT2D eigenvalue weighted by Crippen LogP contribution is 2.37. The molecule has 0 unspecified atom stereocenters. The second kappa shape index (κ2) is 8.40. The van der Waals surface area contributed by atoms with E-state index in [0.29, 0.717) is 25.2 Å². The first-order valence-corrected chi connectivity index (χ1v) is 11.0. The van der Waals surface area contributed by atoms with E-state index in [2.05, 4.69) is 22.1 Å². The number of amides is 2. The van der Waals surface area contributed by atoms with Gasteiger partial charge >= 0.3 is 0 Å². The highest BCUT2D eigenvalue weighted by Gasteiger charge is 2.49. The van der Waals surface area contributed by atoms with E-state index in [1.807, 2.05) is 6.92 Å². The predicted octanol–water partition coefficient (Wildman–Crippen LogP) is 3.04. The van der Waals surface area contributed by atoms with Crippen LogP contribution < -0.4 is 5.32 Å². The van der Waals surface area contributed by atoms with Gasteiger partial charge in [-0.1, -0.05) is 23.4 Å². The third-order valence-electron chi connectivity index (χ3n) is 6.38. The van der Waals surface area contributed by atoms with Crippen molar-refractivity contribution in [1.82, 2.24) is 15.2 Å². The summed E-state index contributed by atoms with van der Waals surface area (Å²) in [5.41, 5.74) is 1.19. The first-order valence-electron chi connectivity index (χ1n) is 10.6. The molecule has 4 atom stereocenters. The van der Waals surface area contributed by atoms with Crippen molar-refractivity contribution in [2.75, 3.05) is 13.2 Å². The average molecular weight is 472 g/mol. The van der Waals surface area contributed by atoms with Crippen molar-refractivity contribution in [3.8, 4) is 11.8 Å². The zero-order valence-electron chi connectivity index (χ0n) is 17.6. The van der Waals surface area contributed by atoms with Crippen LogP contribution in [-0.2, 0) is 9.53 Å². The highest BCUT2D eigenvalue weighted by molar-refractivity contribution is 6.30. The molecule has 2 aliphatic heterocycles. The summed E-state index contributed by atoms with van der Waals surface area (Å²) in [6.07, 6.45) is 3.48. The number of hydrogen-bond donors (Lipinski definition) is 1. The first-order chi connectivity index (χ1) is 15.8. The Balaban J connectivity index is 1.42. The maximum Gasteiger partial charge on any atom is 0.257 e. The fourth-order valence-electron chi connectivity index (χ4n) is 4.52. The SMILES string of the molecule is Cc1cncc(C(=O)N2[C@@H](C(=O)N[C@@H](c3cc(F)c(Cl)cc3F)C3COC3)C[C@H]3C#C[C@H]32)c1. The van der Waals surface area contributed by atoms with Crippen LogP contribution in [-0.4, -0.2) is 47.0 Å². The number of nitrogens with one attached hydrogen (secondary N) is 1. The van der Waals surface area contributed by atoms with E-state index in [1.165, 1.54) is 11.1 Å². The number of likely N-dealkylation sites (tertiary alicyclic amines) is 1. The van der Waals surface area contributed by atoms with Crippen LogP contribution in [0.5, 0.6) is 0 Å². The molecule has 0 saturated carbocycles. The molecule has 1 aromatic carbocycles. The molecule has 33 heavy (non-hydrogen) atoms. The molecule has 2 aromatic rings. The van der Waals surface area contributed by atoms with Crippen LogP contribution in [0.15, 0.2) is 30.6 Å². The molecule has 5 rings (SSSR count). The van der Waals surface area contributed by atoms with E-state index in [1.54, 1.807) is 12.3 Å². The lowest BCUT2D eigenvalue weighted by Crippen LogP contribution is -2.52. The van der Waals surface area contributed by atoms with Gasteiger partial charge in [0.15, 0.2) is 0 Å². The number of halogens is 3. The smallest absolute Gasteiger partial charge is 0.257 e. The number of hydrogen-bond acceptors (Lipinski definition) is 4. The number of aryl methyl sites for hydroxylation is 1. The van der Waals surface area contributed by atoms with Gasteiger partial charge < -0.3 is 15.0 Å². The standard InChI is InChI=1S/C24H20ClF2N3O3/c1-12-4-14(9-28-8-12)24(32)30-20-3-2-13(20)5-21(30)23(31)29-22(15-10-33-11-15)16-6-19(27)17(25)7-18(16)26/h4,6-9,13,15,20-22H,5,10-11H2,1H3,(H,29,31)/t13-,20-,21-,22-/m1/s1. The summed E-state index contributed by atoms with van der Waals surface area (Å²) in [5.74, 6) is 3.37. The summed E-state index contributed by atoms with van der Waals surface area (Å²) in [7, 11) is 0. The maximum absolute atomic E-state index is 14.7. The minimum Gasteiger partial charge on any atom is -0.381 e. The first kappa shape index (κ1) is 21.8. The van der Waals surface area contributed by atoms with Crippen LogP contribution in [0.25, 0.3) is 0 Å². The van der Waals surface area contributed by atoms with Crippen LogP contribution in [0.4, 0.5) is 8.78 Å². The van der Waals surface area contributed by atoms with Crippen molar-refractivity contribution in [2.24, 2.45) is 11.8 Å². The minimum atomic E-state index is -0.824. The predicted molar refractivity (Wildman–Crippen MR) is 115 cm³/mol. The molecule has 0 radical (unpaired) electrons. The van der Waals surface area contributed by atoms with E-state index in [9.17, 15) is 18.4 Å². The topological polar surface area (TPSA) is 71.5 Å². The lowest BCUT2D eigenvalue weighted by Gasteiger charge is -2.36. The molecular formula is C24H20ClF2N3O3. The van der Waals surface area contributed by atoms with Gasteiger partial charge in [-0.25, -0.2) is 8.78 Å². The van der Waals surface area contributed by atoms with Crippen LogP contribution in [0.1, 0.15) is 33.9 Å². The molecule has 9 heteroatoms. The minimum absolute atomic E-state index is 0.00321. The second-order valence-corrected chi connectivity index (χ2v) is 9.03. The summed E-state index contributed by atoms with van der Waals surface area (Å²) in [5, 5.41) is 2.51. The number of carbonyl (C=O) groups is 2. The quantitative estimate of drug-likeness (QED) is 0.537. The molecule has 170 valence electrons. The number of ether oxygens (including phenoxy) is 1. The monoisotopic (exact) mass is 471 g/mol. The highest BCUT2D eigenvalue weighted by atomic mass is 35.5. The molecule has 1 N–H and O–H groups in total. The third kappa shape index (κ3) is 3.85. The van der Waals surface area contributed by atoms with Crippen LogP contribution in [0.2, 0.25) is 5.02 Å². The Morgan fingerprint density at radius 3 is 2.64 bits per heavy atom. The summed E-state index contributed by atoms with van der Waals surface area (Å²) >= 11 is 5.70. The molecule has 0 bridgehead atoms. The largest absolute Gasteiger partial charge is 0.381 e. The Labute approximate surface area is 194 Å². The van der Waals surface area contributed by atoms with Gasteiger partial charge in [0.25, 0.3) is 5.91 Å². The number of rotatable bonds is 5. The fourth-order valence-corrected chi connectivity index (χ4v) is 4.67. The van der Waals surface area contributed by atoms with Crippen molar-refractivity contribution < 1.29 is 23.1 Å². The Bertz CT molecular complexity index is 1210. The van der Waals surface area contributed by atoms with Gasteiger partial charge in [0.05, 0.1) is 35.8 Å². The fraction of sp³-hybridized carbons (Fsp3) is 0.375.